The maximum Gasteiger partial charge on any atom is 0.433 e. The first kappa shape index (κ1) is 19.2. The quantitative estimate of drug-likeness (QED) is 0.798. The molecule has 1 aromatic rings. The molecule has 2 N–H and O–H groups in total. The van der Waals surface area contributed by atoms with E-state index in [0.717, 1.165) is 0 Å². The molecule has 0 radical (unpaired) electrons. The lowest BCUT2D eigenvalue weighted by molar-refractivity contribution is -0.141. The summed E-state index contributed by atoms with van der Waals surface area (Å²) in [6.45, 7) is 5.90. The van der Waals surface area contributed by atoms with Crippen molar-refractivity contribution >= 4 is 17.7 Å². The minimum absolute atomic E-state index is 0.0210. The number of β-amino-alcohol motifs (C(OH)–C–C–N with tert-alkyl or cyclic N) is 1. The van der Waals surface area contributed by atoms with Gasteiger partial charge in [-0.05, 0) is 38.5 Å². The van der Waals surface area contributed by atoms with Crippen LogP contribution in [0.3, 0.4) is 0 Å². The van der Waals surface area contributed by atoms with Crippen LogP contribution in [0.5, 0.6) is 0 Å². The highest BCUT2D eigenvalue weighted by molar-refractivity contribution is 5.68. The molecule has 10 heteroatoms. The van der Waals surface area contributed by atoms with E-state index >= 15 is 0 Å². The maximum atomic E-state index is 13.6. The van der Waals surface area contributed by atoms with Gasteiger partial charge in [0.05, 0.1) is 18.2 Å². The SMILES string of the molecule is Cc1c(N2C[C@@H]3[C@@H](CC(=O)O)[C@@H]3C2)nc(N2C[C@@](C)(O)[C@@H]2C)nc1C(F)(F)F. The number of fused-ring (bicyclic) bond motifs is 1. The third-order valence-electron chi connectivity index (χ3n) is 6.57. The van der Waals surface area contributed by atoms with E-state index in [1.165, 1.54) is 6.92 Å². The van der Waals surface area contributed by atoms with E-state index in [9.17, 15) is 23.1 Å². The van der Waals surface area contributed by atoms with Crippen LogP contribution < -0.4 is 9.80 Å². The Labute approximate surface area is 160 Å². The van der Waals surface area contributed by atoms with Gasteiger partial charge in [0.1, 0.15) is 5.82 Å². The van der Waals surface area contributed by atoms with Gasteiger partial charge in [-0.25, -0.2) is 4.98 Å². The highest BCUT2D eigenvalue weighted by Gasteiger charge is 2.57. The maximum absolute atomic E-state index is 13.6. The molecule has 154 valence electrons. The van der Waals surface area contributed by atoms with Crippen molar-refractivity contribution < 1.29 is 28.2 Å². The Morgan fingerprint density at radius 1 is 1.29 bits per heavy atom. The number of carboxylic acids is 1. The molecule has 1 aliphatic carbocycles. The van der Waals surface area contributed by atoms with Crippen molar-refractivity contribution in [3.8, 4) is 0 Å². The second kappa shape index (κ2) is 5.95. The fourth-order valence-electron chi connectivity index (χ4n) is 4.61. The summed E-state index contributed by atoms with van der Waals surface area (Å²) in [6, 6.07) is -0.393. The van der Waals surface area contributed by atoms with Crippen molar-refractivity contribution in [2.24, 2.45) is 17.8 Å². The zero-order chi connectivity index (χ0) is 20.6. The number of halogens is 3. The summed E-state index contributed by atoms with van der Waals surface area (Å²) in [5.41, 5.74) is -1.98. The molecule has 1 saturated carbocycles. The predicted octanol–water partition coefficient (Wildman–Crippen LogP) is 1.92. The van der Waals surface area contributed by atoms with Gasteiger partial charge in [0.15, 0.2) is 5.69 Å². The lowest BCUT2D eigenvalue weighted by atomic mass is 9.87. The van der Waals surface area contributed by atoms with Gasteiger partial charge in [0.25, 0.3) is 0 Å². The first-order valence-corrected chi connectivity index (χ1v) is 9.31. The smallest absolute Gasteiger partial charge is 0.433 e. The molecule has 5 atom stereocenters. The Bertz CT molecular complexity index is 817. The second-order valence-corrected chi connectivity index (χ2v) is 8.47. The molecule has 2 saturated heterocycles. The summed E-state index contributed by atoms with van der Waals surface area (Å²) < 4.78 is 40.7. The fraction of sp³-hybridized carbons (Fsp3) is 0.722. The van der Waals surface area contributed by atoms with Gasteiger partial charge in [-0.1, -0.05) is 0 Å². The molecule has 7 nitrogen and oxygen atoms in total. The number of carbonyl (C=O) groups is 1. The Hall–Kier alpha value is -2.10. The van der Waals surface area contributed by atoms with E-state index < -0.39 is 29.5 Å². The van der Waals surface area contributed by atoms with Gasteiger partial charge in [0.2, 0.25) is 5.95 Å². The van der Waals surface area contributed by atoms with Crippen LogP contribution >= 0.6 is 0 Å². The Balaban J connectivity index is 1.63. The number of aromatic nitrogens is 2. The van der Waals surface area contributed by atoms with Crippen LogP contribution in [-0.4, -0.2) is 57.4 Å². The average molecular weight is 400 g/mol. The molecular formula is C18H23F3N4O3. The molecule has 3 heterocycles. The number of aliphatic hydroxyl groups is 1. The van der Waals surface area contributed by atoms with Crippen molar-refractivity contribution in [3.05, 3.63) is 11.3 Å². The summed E-state index contributed by atoms with van der Waals surface area (Å²) in [5, 5.41) is 19.1. The Morgan fingerprint density at radius 2 is 1.89 bits per heavy atom. The first-order valence-electron chi connectivity index (χ1n) is 9.31. The number of hydrogen-bond acceptors (Lipinski definition) is 6. The van der Waals surface area contributed by atoms with E-state index in [-0.39, 0.29) is 48.0 Å². The lowest BCUT2D eigenvalue weighted by Crippen LogP contribution is -2.67. The molecular weight excluding hydrogens is 377 g/mol. The molecule has 0 amide bonds. The average Bonchev–Trinajstić information content (AvgIpc) is 3.02. The van der Waals surface area contributed by atoms with Crippen LogP contribution in [0.4, 0.5) is 24.9 Å². The monoisotopic (exact) mass is 400 g/mol. The minimum Gasteiger partial charge on any atom is -0.481 e. The van der Waals surface area contributed by atoms with Gasteiger partial charge < -0.3 is 20.0 Å². The number of alkyl halides is 3. The highest BCUT2D eigenvalue weighted by Crippen LogP contribution is 2.54. The molecule has 0 spiro atoms. The number of anilines is 2. The molecule has 0 aromatic carbocycles. The number of hydrogen-bond donors (Lipinski definition) is 2. The Kier molecular flexibility index (Phi) is 4.08. The molecule has 3 fully saturated rings. The Morgan fingerprint density at radius 3 is 2.36 bits per heavy atom. The van der Waals surface area contributed by atoms with Gasteiger partial charge in [-0.3, -0.25) is 4.79 Å². The zero-order valence-electron chi connectivity index (χ0n) is 15.9. The van der Waals surface area contributed by atoms with E-state index in [2.05, 4.69) is 9.97 Å². The number of carboxylic acid groups (broad SMARTS) is 1. The van der Waals surface area contributed by atoms with Crippen molar-refractivity contribution in [2.75, 3.05) is 29.4 Å². The summed E-state index contributed by atoms with van der Waals surface area (Å²) in [6.07, 6.45) is -4.51. The normalized spacial score (nSPS) is 34.2. The molecule has 4 rings (SSSR count). The largest absolute Gasteiger partial charge is 0.481 e. The lowest BCUT2D eigenvalue weighted by Gasteiger charge is -2.51. The van der Waals surface area contributed by atoms with E-state index in [1.807, 2.05) is 4.90 Å². The van der Waals surface area contributed by atoms with Gasteiger partial charge in [0, 0.05) is 25.1 Å². The van der Waals surface area contributed by atoms with Crippen LogP contribution in [0, 0.1) is 24.7 Å². The van der Waals surface area contributed by atoms with Crippen LogP contribution in [0.1, 0.15) is 31.5 Å². The molecule has 28 heavy (non-hydrogen) atoms. The van der Waals surface area contributed by atoms with Crippen molar-refractivity contribution in [2.45, 2.75) is 45.0 Å². The predicted molar refractivity (Wildman–Crippen MR) is 94.1 cm³/mol. The standard InChI is InChI=1S/C18H23F3N4O3/c1-8-14(18(19,20)21)22-16(25-7-17(3,28)9(25)2)23-15(8)24-5-11-10(4-13(26)27)12(11)6-24/h9-12,28H,4-7H2,1-3H3,(H,26,27)/t9-,10-,11-,12+,17+/m0/s1. The van der Waals surface area contributed by atoms with Crippen molar-refractivity contribution in [3.63, 3.8) is 0 Å². The van der Waals surface area contributed by atoms with Crippen LogP contribution in [-0.2, 0) is 11.0 Å². The third kappa shape index (κ3) is 2.98. The number of rotatable bonds is 4. The van der Waals surface area contributed by atoms with Crippen molar-refractivity contribution in [1.29, 1.82) is 0 Å². The van der Waals surface area contributed by atoms with Crippen molar-refractivity contribution in [1.82, 2.24) is 9.97 Å². The van der Waals surface area contributed by atoms with Crippen LogP contribution in [0.2, 0.25) is 0 Å². The first-order chi connectivity index (χ1) is 12.9. The number of piperidine rings is 1. The van der Waals surface area contributed by atoms with Crippen LogP contribution in [0.25, 0.3) is 0 Å². The van der Waals surface area contributed by atoms with E-state index in [0.29, 0.717) is 13.1 Å². The highest BCUT2D eigenvalue weighted by atomic mass is 19.4. The summed E-state index contributed by atoms with van der Waals surface area (Å²) in [4.78, 5) is 22.5. The van der Waals surface area contributed by atoms with Crippen LogP contribution in [0.15, 0.2) is 0 Å². The molecule has 0 bridgehead atoms. The van der Waals surface area contributed by atoms with Gasteiger partial charge in [-0.15, -0.1) is 0 Å². The fourth-order valence-corrected chi connectivity index (χ4v) is 4.61. The van der Waals surface area contributed by atoms with E-state index in [4.69, 9.17) is 5.11 Å². The number of aliphatic carboxylic acids is 1. The summed E-state index contributed by atoms with van der Waals surface area (Å²) in [7, 11) is 0. The summed E-state index contributed by atoms with van der Waals surface area (Å²) >= 11 is 0. The molecule has 0 unspecified atom stereocenters. The zero-order valence-corrected chi connectivity index (χ0v) is 15.9. The topological polar surface area (TPSA) is 89.8 Å². The molecule has 3 aliphatic rings. The summed E-state index contributed by atoms with van der Waals surface area (Å²) in [5.74, 6) is -0.154. The van der Waals surface area contributed by atoms with Gasteiger partial charge >= 0.3 is 12.1 Å². The second-order valence-electron chi connectivity index (χ2n) is 8.47. The number of nitrogens with zero attached hydrogens (tertiary/aromatic N) is 4. The third-order valence-corrected chi connectivity index (χ3v) is 6.57. The minimum atomic E-state index is -4.61. The molecule has 1 aromatic heterocycles. The van der Waals surface area contributed by atoms with E-state index in [1.54, 1.807) is 18.7 Å². The van der Waals surface area contributed by atoms with Gasteiger partial charge in [-0.2, -0.15) is 18.2 Å². The molecule has 2 aliphatic heterocycles.